The number of hydrogen-bond donors (Lipinski definition) is 2. The second-order valence-corrected chi connectivity index (χ2v) is 8.39. The predicted octanol–water partition coefficient (Wildman–Crippen LogP) is 3.48. The van der Waals surface area contributed by atoms with Gasteiger partial charge >= 0.3 is 0 Å². The number of piperazine rings is 1. The van der Waals surface area contributed by atoms with Gasteiger partial charge in [-0.2, -0.15) is 0 Å². The SMILES string of the molecule is Cc1nc2c(n1C(C)C)-c1nc(Nc3ccc(N4CCNCC4)cn3)ccc1CC2. The van der Waals surface area contributed by atoms with Gasteiger partial charge in [0.1, 0.15) is 17.5 Å². The monoisotopic (exact) mass is 403 g/mol. The number of hydrogen-bond acceptors (Lipinski definition) is 6. The highest BCUT2D eigenvalue weighted by molar-refractivity contribution is 5.69. The van der Waals surface area contributed by atoms with Crippen LogP contribution in [0.5, 0.6) is 0 Å². The van der Waals surface area contributed by atoms with Crippen molar-refractivity contribution in [2.24, 2.45) is 0 Å². The Morgan fingerprint density at radius 2 is 1.80 bits per heavy atom. The summed E-state index contributed by atoms with van der Waals surface area (Å²) in [6, 6.07) is 8.76. The first-order valence-corrected chi connectivity index (χ1v) is 10.9. The molecule has 7 heteroatoms. The quantitative estimate of drug-likeness (QED) is 0.695. The number of nitrogens with one attached hydrogen (secondary N) is 2. The standard InChI is InChI=1S/C23H29N7/c1-15(2)30-16(3)26-19-7-4-17-5-8-21(28-22(17)23(19)30)27-20-9-6-18(14-25-20)29-12-10-24-11-13-29/h5-6,8-9,14-15,24H,4,7,10-13H2,1-3H3,(H,25,27,28). The fourth-order valence-corrected chi connectivity index (χ4v) is 4.58. The smallest absolute Gasteiger partial charge is 0.132 e. The Balaban J connectivity index is 1.42. The molecular formula is C23H29N7. The first-order valence-electron chi connectivity index (χ1n) is 10.9. The highest BCUT2D eigenvalue weighted by atomic mass is 15.2. The molecule has 5 rings (SSSR count). The van der Waals surface area contributed by atoms with E-state index in [1.54, 1.807) is 0 Å². The molecule has 156 valence electrons. The van der Waals surface area contributed by atoms with E-state index in [1.807, 2.05) is 12.3 Å². The van der Waals surface area contributed by atoms with Gasteiger partial charge in [0.25, 0.3) is 0 Å². The molecule has 7 nitrogen and oxygen atoms in total. The zero-order chi connectivity index (χ0) is 20.7. The molecule has 0 saturated carbocycles. The van der Waals surface area contributed by atoms with Gasteiger partial charge in [-0.3, -0.25) is 0 Å². The van der Waals surface area contributed by atoms with Crippen LogP contribution in [0, 0.1) is 6.92 Å². The van der Waals surface area contributed by atoms with Gasteiger partial charge in [0.05, 0.1) is 29.0 Å². The summed E-state index contributed by atoms with van der Waals surface area (Å²) in [4.78, 5) is 16.8. The van der Waals surface area contributed by atoms with Crippen molar-refractivity contribution >= 4 is 17.3 Å². The summed E-state index contributed by atoms with van der Waals surface area (Å²) in [6.45, 7) is 10.6. The van der Waals surface area contributed by atoms with E-state index in [0.717, 1.165) is 67.9 Å². The van der Waals surface area contributed by atoms with Crippen molar-refractivity contribution in [2.45, 2.75) is 39.7 Å². The number of imidazole rings is 1. The number of aromatic nitrogens is 4. The number of aryl methyl sites for hydroxylation is 3. The Morgan fingerprint density at radius 3 is 2.53 bits per heavy atom. The minimum absolute atomic E-state index is 0.352. The molecule has 1 aliphatic heterocycles. The van der Waals surface area contributed by atoms with Gasteiger partial charge in [-0.1, -0.05) is 6.07 Å². The second-order valence-electron chi connectivity index (χ2n) is 8.39. The predicted molar refractivity (Wildman–Crippen MR) is 121 cm³/mol. The lowest BCUT2D eigenvalue weighted by Gasteiger charge is -2.29. The summed E-state index contributed by atoms with van der Waals surface area (Å²) in [5.41, 5.74) is 5.84. The molecule has 3 aromatic rings. The summed E-state index contributed by atoms with van der Waals surface area (Å²) >= 11 is 0. The lowest BCUT2D eigenvalue weighted by Crippen LogP contribution is -2.43. The molecule has 30 heavy (non-hydrogen) atoms. The molecule has 0 atom stereocenters. The second kappa shape index (κ2) is 7.72. The fourth-order valence-electron chi connectivity index (χ4n) is 4.58. The molecule has 2 N–H and O–H groups in total. The highest BCUT2D eigenvalue weighted by Gasteiger charge is 2.26. The molecule has 1 aliphatic carbocycles. The third-order valence-electron chi connectivity index (χ3n) is 6.00. The van der Waals surface area contributed by atoms with E-state index in [4.69, 9.17) is 9.97 Å². The molecular weight excluding hydrogens is 374 g/mol. The first kappa shape index (κ1) is 19.1. The molecule has 3 aromatic heterocycles. The topological polar surface area (TPSA) is 70.9 Å². The van der Waals surface area contributed by atoms with Crippen molar-refractivity contribution in [3.05, 3.63) is 47.5 Å². The van der Waals surface area contributed by atoms with E-state index in [1.165, 1.54) is 16.9 Å². The molecule has 2 aliphatic rings. The van der Waals surface area contributed by atoms with Crippen molar-refractivity contribution < 1.29 is 0 Å². The third kappa shape index (κ3) is 3.43. The first-order chi connectivity index (χ1) is 14.6. The van der Waals surface area contributed by atoms with Crippen molar-refractivity contribution in [3.8, 4) is 11.4 Å². The molecule has 0 unspecified atom stereocenters. The summed E-state index contributed by atoms with van der Waals surface area (Å²) in [6.07, 6.45) is 3.91. The highest BCUT2D eigenvalue weighted by Crippen LogP contribution is 2.35. The number of fused-ring (bicyclic) bond motifs is 3. The molecule has 0 aromatic carbocycles. The molecule has 0 bridgehead atoms. The molecule has 0 amide bonds. The molecule has 1 fully saturated rings. The van der Waals surface area contributed by atoms with Crippen LogP contribution in [0.25, 0.3) is 11.4 Å². The average molecular weight is 404 g/mol. The van der Waals surface area contributed by atoms with Crippen LogP contribution in [0.4, 0.5) is 17.3 Å². The fraction of sp³-hybridized carbons (Fsp3) is 0.435. The summed E-state index contributed by atoms with van der Waals surface area (Å²) in [7, 11) is 0. The zero-order valence-electron chi connectivity index (χ0n) is 17.9. The van der Waals surface area contributed by atoms with Gasteiger partial charge in [0.2, 0.25) is 0 Å². The summed E-state index contributed by atoms with van der Waals surface area (Å²) in [5.74, 6) is 2.69. The van der Waals surface area contributed by atoms with Crippen LogP contribution in [0.2, 0.25) is 0 Å². The number of nitrogens with zero attached hydrogens (tertiary/aromatic N) is 5. The van der Waals surface area contributed by atoms with Gasteiger partial charge in [-0.05, 0) is 57.4 Å². The lowest BCUT2D eigenvalue weighted by molar-refractivity contribution is 0.586. The van der Waals surface area contributed by atoms with Gasteiger partial charge in [0.15, 0.2) is 0 Å². The van der Waals surface area contributed by atoms with Crippen LogP contribution < -0.4 is 15.5 Å². The van der Waals surface area contributed by atoms with E-state index in [0.29, 0.717) is 6.04 Å². The van der Waals surface area contributed by atoms with Crippen molar-refractivity contribution in [1.29, 1.82) is 0 Å². The molecule has 4 heterocycles. The van der Waals surface area contributed by atoms with Gasteiger partial charge < -0.3 is 20.1 Å². The third-order valence-corrected chi connectivity index (χ3v) is 6.00. The van der Waals surface area contributed by atoms with Crippen molar-refractivity contribution in [3.63, 3.8) is 0 Å². The van der Waals surface area contributed by atoms with Gasteiger partial charge in [-0.15, -0.1) is 0 Å². The maximum absolute atomic E-state index is 4.99. The van der Waals surface area contributed by atoms with E-state index in [2.05, 4.69) is 64.1 Å². The Morgan fingerprint density at radius 1 is 1.00 bits per heavy atom. The summed E-state index contributed by atoms with van der Waals surface area (Å²) in [5, 5.41) is 6.77. The molecule has 1 saturated heterocycles. The Hall–Kier alpha value is -2.93. The maximum atomic E-state index is 4.99. The minimum atomic E-state index is 0.352. The van der Waals surface area contributed by atoms with Crippen LogP contribution >= 0.6 is 0 Å². The van der Waals surface area contributed by atoms with E-state index in [9.17, 15) is 0 Å². The van der Waals surface area contributed by atoms with E-state index >= 15 is 0 Å². The van der Waals surface area contributed by atoms with Crippen molar-refractivity contribution in [1.82, 2.24) is 24.8 Å². The van der Waals surface area contributed by atoms with E-state index < -0.39 is 0 Å². The normalized spacial score (nSPS) is 15.8. The van der Waals surface area contributed by atoms with Crippen LogP contribution in [-0.2, 0) is 12.8 Å². The van der Waals surface area contributed by atoms with Crippen molar-refractivity contribution in [2.75, 3.05) is 36.4 Å². The zero-order valence-corrected chi connectivity index (χ0v) is 17.9. The number of pyridine rings is 2. The molecule has 0 spiro atoms. The number of anilines is 3. The maximum Gasteiger partial charge on any atom is 0.132 e. The largest absolute Gasteiger partial charge is 0.368 e. The van der Waals surface area contributed by atoms with Crippen LogP contribution in [-0.4, -0.2) is 45.7 Å². The van der Waals surface area contributed by atoms with Crippen LogP contribution in [0.3, 0.4) is 0 Å². The Bertz CT molecular complexity index is 1050. The average Bonchev–Trinajstić information content (AvgIpc) is 3.11. The van der Waals surface area contributed by atoms with Gasteiger partial charge in [0, 0.05) is 32.2 Å². The van der Waals surface area contributed by atoms with Crippen LogP contribution in [0.1, 0.15) is 37.0 Å². The van der Waals surface area contributed by atoms with Gasteiger partial charge in [-0.25, -0.2) is 15.0 Å². The number of rotatable bonds is 4. The Labute approximate surface area is 177 Å². The lowest BCUT2D eigenvalue weighted by atomic mass is 9.96. The minimum Gasteiger partial charge on any atom is -0.368 e. The van der Waals surface area contributed by atoms with Crippen LogP contribution in [0.15, 0.2) is 30.5 Å². The summed E-state index contributed by atoms with van der Waals surface area (Å²) < 4.78 is 2.31. The van der Waals surface area contributed by atoms with E-state index in [-0.39, 0.29) is 0 Å². The Kier molecular flexibility index (Phi) is 4.90. The molecule has 0 radical (unpaired) electrons.